The van der Waals surface area contributed by atoms with Crippen molar-refractivity contribution in [2.75, 3.05) is 33.7 Å². The van der Waals surface area contributed by atoms with Gasteiger partial charge < -0.3 is 23.5 Å². The monoisotopic (exact) mass is 328 g/mol. The Labute approximate surface area is 122 Å². The molecular weight excluding hydrogens is 307 g/mol. The molecule has 0 aromatic rings. The smallest absolute Gasteiger partial charge is 0.376 e. The number of hydrogen-bond donors (Lipinski definition) is 0. The van der Waals surface area contributed by atoms with Crippen LogP contribution in [0.5, 0.6) is 0 Å². The average molecular weight is 328 g/mol. The Morgan fingerprint density at radius 1 is 1.20 bits per heavy atom. The molecule has 0 aliphatic carbocycles. The van der Waals surface area contributed by atoms with Crippen LogP contribution in [0, 0.1) is 0 Å². The fourth-order valence-corrected chi connectivity index (χ4v) is 6.09. The van der Waals surface area contributed by atoms with Crippen LogP contribution in [0.3, 0.4) is 0 Å². The summed E-state index contributed by atoms with van der Waals surface area (Å²) in [7, 11) is 4.65. The topological polar surface area (TPSA) is 72.5 Å². The lowest BCUT2D eigenvalue weighted by atomic mass is 9.99. The number of hydrogen-bond acceptors (Lipinski definition) is 8. The van der Waals surface area contributed by atoms with Gasteiger partial charge in [0.2, 0.25) is 0 Å². The van der Waals surface area contributed by atoms with E-state index in [-0.39, 0.29) is 6.10 Å². The van der Waals surface area contributed by atoms with Gasteiger partial charge in [-0.2, -0.15) is 0 Å². The largest absolute Gasteiger partial charge is 0.389 e. The van der Waals surface area contributed by atoms with E-state index in [9.17, 15) is 4.57 Å². The molecule has 2 fully saturated rings. The van der Waals surface area contributed by atoms with Gasteiger partial charge in [0, 0.05) is 27.1 Å². The van der Waals surface area contributed by atoms with Crippen molar-refractivity contribution >= 4 is 18.2 Å². The molecule has 0 spiro atoms. The Morgan fingerprint density at radius 2 is 1.90 bits per heavy atom. The van der Waals surface area contributed by atoms with Gasteiger partial charge in [-0.3, -0.25) is 4.52 Å². The summed E-state index contributed by atoms with van der Waals surface area (Å²) in [5, 5.41) is 0. The van der Waals surface area contributed by atoms with E-state index in [2.05, 4.69) is 0 Å². The summed E-state index contributed by atoms with van der Waals surface area (Å²) in [5.74, 6) is 0.498. The van der Waals surface area contributed by atoms with Crippen molar-refractivity contribution in [3.8, 4) is 0 Å². The molecule has 0 unspecified atom stereocenters. The minimum absolute atomic E-state index is 0.274. The summed E-state index contributed by atoms with van der Waals surface area (Å²) in [5.41, 5.74) is 0. The highest BCUT2D eigenvalue weighted by atomic mass is 32.7. The van der Waals surface area contributed by atoms with Crippen LogP contribution in [0.25, 0.3) is 0 Å². The highest BCUT2D eigenvalue weighted by Crippen LogP contribution is 2.65. The Kier molecular flexibility index (Phi) is 5.90. The molecule has 0 saturated carbocycles. The minimum Gasteiger partial charge on any atom is -0.376 e. The predicted molar refractivity (Wildman–Crippen MR) is 73.8 cm³/mol. The first kappa shape index (κ1) is 16.7. The maximum absolute atomic E-state index is 12.4. The van der Waals surface area contributed by atoms with E-state index in [1.54, 1.807) is 28.3 Å². The number of ether oxygens (including phenoxy) is 4. The van der Waals surface area contributed by atoms with Crippen LogP contribution in [-0.4, -0.2) is 64.4 Å². The van der Waals surface area contributed by atoms with Crippen molar-refractivity contribution in [2.24, 2.45) is 0 Å². The lowest BCUT2D eigenvalue weighted by Crippen LogP contribution is -2.61. The zero-order valence-corrected chi connectivity index (χ0v) is 13.7. The second-order valence-corrected chi connectivity index (χ2v) is 8.48. The maximum Gasteiger partial charge on any atom is 0.389 e. The van der Waals surface area contributed by atoms with E-state index >= 15 is 0 Å². The molecule has 2 aliphatic rings. The van der Waals surface area contributed by atoms with E-state index < -0.39 is 31.4 Å². The molecule has 2 saturated heterocycles. The van der Waals surface area contributed by atoms with Crippen molar-refractivity contribution in [3.05, 3.63) is 0 Å². The van der Waals surface area contributed by atoms with Gasteiger partial charge in [0.05, 0.1) is 12.7 Å². The Bertz CT molecular complexity index is 369. The molecule has 2 aliphatic heterocycles. The van der Waals surface area contributed by atoms with Crippen molar-refractivity contribution in [2.45, 2.75) is 37.6 Å². The number of rotatable bonds is 5. The third kappa shape index (κ3) is 3.23. The van der Waals surface area contributed by atoms with Gasteiger partial charge in [-0.15, -0.1) is 0 Å². The quantitative estimate of drug-likeness (QED) is 0.706. The highest BCUT2D eigenvalue weighted by molar-refractivity contribution is 8.55. The Balaban J connectivity index is 2.18. The van der Waals surface area contributed by atoms with Gasteiger partial charge in [0.25, 0.3) is 0 Å². The van der Waals surface area contributed by atoms with Gasteiger partial charge in [0.1, 0.15) is 18.3 Å². The van der Waals surface area contributed by atoms with Crippen molar-refractivity contribution < 1.29 is 32.6 Å². The molecule has 0 aromatic carbocycles. The highest BCUT2D eigenvalue weighted by Gasteiger charge is 2.53. The zero-order chi connectivity index (χ0) is 14.8. The standard InChI is InChI=1S/C11H21O7PS/c1-5-16-19(12)18-8-7(6-20-19)17-11(15-4)10(14-3)9(8)13-2/h7-11H,5-6H2,1-4H3/t7-,8-,9+,10-,11+,19-/m1/s1. The predicted octanol–water partition coefficient (Wildman–Crippen LogP) is 1.66. The molecule has 2 rings (SSSR count). The average Bonchev–Trinajstić information content (AvgIpc) is 2.45. The van der Waals surface area contributed by atoms with E-state index in [0.717, 1.165) is 11.4 Å². The normalized spacial score (nSPS) is 45.1. The van der Waals surface area contributed by atoms with Gasteiger partial charge in [-0.25, -0.2) is 4.57 Å². The van der Waals surface area contributed by atoms with Crippen molar-refractivity contribution in [3.63, 3.8) is 0 Å². The SMILES string of the molecule is CCO[P@]1(=O)O[C@H]2[C@H](OC)[C@@H](OC)[C@@H](OC)O[C@@H]2CS1. The molecule has 0 bridgehead atoms. The first-order valence-electron chi connectivity index (χ1n) is 6.40. The fraction of sp³-hybridized carbons (Fsp3) is 1.00. The second-order valence-electron chi connectivity index (χ2n) is 4.41. The summed E-state index contributed by atoms with van der Waals surface area (Å²) >= 11 is 1.14. The molecule has 20 heavy (non-hydrogen) atoms. The molecule has 7 nitrogen and oxygen atoms in total. The van der Waals surface area contributed by atoms with E-state index in [0.29, 0.717) is 12.4 Å². The van der Waals surface area contributed by atoms with Gasteiger partial charge in [-0.05, 0) is 18.3 Å². The molecule has 0 radical (unpaired) electrons. The summed E-state index contributed by atoms with van der Waals surface area (Å²) in [6, 6.07) is 0. The van der Waals surface area contributed by atoms with Crippen LogP contribution in [-0.2, 0) is 32.6 Å². The van der Waals surface area contributed by atoms with Crippen LogP contribution in [0.15, 0.2) is 0 Å². The Morgan fingerprint density at radius 3 is 2.45 bits per heavy atom. The van der Waals surface area contributed by atoms with Crippen LogP contribution < -0.4 is 0 Å². The van der Waals surface area contributed by atoms with Crippen LogP contribution >= 0.6 is 18.2 Å². The number of fused-ring (bicyclic) bond motifs is 1. The van der Waals surface area contributed by atoms with Crippen LogP contribution in [0.2, 0.25) is 0 Å². The lowest BCUT2D eigenvalue weighted by molar-refractivity contribution is -0.291. The molecule has 6 atom stereocenters. The Hall–Kier alpha value is 0.340. The number of methoxy groups -OCH3 is 3. The zero-order valence-electron chi connectivity index (χ0n) is 12.0. The second kappa shape index (κ2) is 7.07. The molecule has 0 N–H and O–H groups in total. The van der Waals surface area contributed by atoms with E-state index in [1.807, 2.05) is 0 Å². The molecule has 0 aromatic heterocycles. The minimum atomic E-state index is -3.16. The summed E-state index contributed by atoms with van der Waals surface area (Å²) < 4.78 is 45.3. The fourth-order valence-electron chi connectivity index (χ4n) is 2.42. The molecule has 9 heteroatoms. The maximum atomic E-state index is 12.4. The molecular formula is C11H21O7PS. The third-order valence-electron chi connectivity index (χ3n) is 3.30. The molecule has 0 amide bonds. The van der Waals surface area contributed by atoms with Gasteiger partial charge >= 0.3 is 6.80 Å². The summed E-state index contributed by atoms with van der Waals surface area (Å²) in [6.07, 6.45) is -2.21. The van der Waals surface area contributed by atoms with Crippen LogP contribution in [0.4, 0.5) is 0 Å². The lowest BCUT2D eigenvalue weighted by Gasteiger charge is -2.47. The van der Waals surface area contributed by atoms with E-state index in [1.165, 1.54) is 0 Å². The van der Waals surface area contributed by atoms with Crippen molar-refractivity contribution in [1.29, 1.82) is 0 Å². The van der Waals surface area contributed by atoms with Gasteiger partial charge in [-0.1, -0.05) is 0 Å². The third-order valence-corrected chi connectivity index (χ3v) is 7.14. The van der Waals surface area contributed by atoms with Crippen LogP contribution in [0.1, 0.15) is 6.92 Å². The first-order valence-corrected chi connectivity index (χ1v) is 9.53. The summed E-state index contributed by atoms with van der Waals surface area (Å²) in [4.78, 5) is 0. The van der Waals surface area contributed by atoms with E-state index in [4.69, 9.17) is 28.0 Å². The van der Waals surface area contributed by atoms with Gasteiger partial charge in [0.15, 0.2) is 6.29 Å². The molecule has 118 valence electrons. The van der Waals surface area contributed by atoms with Crippen molar-refractivity contribution in [1.82, 2.24) is 0 Å². The molecule has 2 heterocycles. The summed E-state index contributed by atoms with van der Waals surface area (Å²) in [6.45, 7) is -1.05. The first-order chi connectivity index (χ1) is 9.58.